The fraction of sp³-hybridized carbons (Fsp3) is 0.500. The number of hydrogen-bond acceptors (Lipinski definition) is 6. The SMILES string of the molecule is CCCN(CCC)C(c1ccc(C)o1)c1sc2ncnn2c1O. The molecule has 1 unspecified atom stereocenters. The standard InChI is InChI=1S/C16H22N4O2S/c1-4-8-19(9-5-2)13(12-7-6-11(3)22-12)14-15(21)20-16(23-14)17-10-18-20/h6-7,10,13,21H,4-5,8-9H2,1-3H3. The van der Waals surface area contributed by atoms with E-state index < -0.39 is 0 Å². The van der Waals surface area contributed by atoms with Crippen molar-refractivity contribution in [2.45, 2.75) is 39.7 Å². The Morgan fingerprint density at radius 2 is 2.04 bits per heavy atom. The van der Waals surface area contributed by atoms with Gasteiger partial charge in [0.25, 0.3) is 0 Å². The summed E-state index contributed by atoms with van der Waals surface area (Å²) < 4.78 is 7.39. The van der Waals surface area contributed by atoms with Gasteiger partial charge in [-0.1, -0.05) is 25.2 Å². The van der Waals surface area contributed by atoms with Crippen LogP contribution >= 0.6 is 11.3 Å². The average molecular weight is 334 g/mol. The van der Waals surface area contributed by atoms with Gasteiger partial charge in [-0.25, -0.2) is 4.98 Å². The van der Waals surface area contributed by atoms with Crippen LogP contribution in [0.3, 0.4) is 0 Å². The maximum atomic E-state index is 10.6. The van der Waals surface area contributed by atoms with Gasteiger partial charge in [-0.15, -0.1) is 0 Å². The molecule has 0 radical (unpaired) electrons. The number of thiazole rings is 1. The molecule has 1 N–H and O–H groups in total. The van der Waals surface area contributed by atoms with Gasteiger partial charge in [0.05, 0.1) is 4.88 Å². The molecular weight excluding hydrogens is 312 g/mol. The highest BCUT2D eigenvalue weighted by Crippen LogP contribution is 2.40. The number of furan rings is 1. The molecule has 1 atom stereocenters. The summed E-state index contributed by atoms with van der Waals surface area (Å²) >= 11 is 1.46. The molecule has 23 heavy (non-hydrogen) atoms. The predicted octanol–water partition coefficient (Wildman–Crippen LogP) is 3.61. The minimum atomic E-state index is -0.114. The summed E-state index contributed by atoms with van der Waals surface area (Å²) in [6.45, 7) is 8.13. The van der Waals surface area contributed by atoms with Gasteiger partial charge >= 0.3 is 0 Å². The molecule has 124 valence electrons. The minimum Gasteiger partial charge on any atom is -0.492 e. The number of aromatic nitrogens is 3. The summed E-state index contributed by atoms with van der Waals surface area (Å²) in [5.74, 6) is 1.87. The van der Waals surface area contributed by atoms with Gasteiger partial charge in [0, 0.05) is 0 Å². The molecule has 0 saturated carbocycles. The van der Waals surface area contributed by atoms with Crippen molar-refractivity contribution in [1.29, 1.82) is 0 Å². The van der Waals surface area contributed by atoms with E-state index in [2.05, 4.69) is 28.8 Å². The molecular formula is C16H22N4O2S. The van der Waals surface area contributed by atoms with E-state index in [4.69, 9.17) is 4.42 Å². The largest absolute Gasteiger partial charge is 0.492 e. The number of hydrogen-bond donors (Lipinski definition) is 1. The summed E-state index contributed by atoms with van der Waals surface area (Å²) in [5.41, 5.74) is 0. The van der Waals surface area contributed by atoms with Gasteiger partial charge in [-0.2, -0.15) is 9.61 Å². The topological polar surface area (TPSA) is 66.8 Å². The van der Waals surface area contributed by atoms with Gasteiger partial charge in [0.2, 0.25) is 10.8 Å². The summed E-state index contributed by atoms with van der Waals surface area (Å²) in [6, 6.07) is 3.84. The molecule has 0 bridgehead atoms. The van der Waals surface area contributed by atoms with Crippen LogP contribution in [0.1, 0.15) is 49.1 Å². The molecule has 3 rings (SSSR count). The van der Waals surface area contributed by atoms with Gasteiger partial charge in [-0.05, 0) is 45.0 Å². The number of rotatable bonds is 7. The van der Waals surface area contributed by atoms with Gasteiger partial charge in [0.1, 0.15) is 23.9 Å². The van der Waals surface area contributed by atoms with Gasteiger partial charge in [-0.3, -0.25) is 4.90 Å². The Balaban J connectivity index is 2.09. The number of nitrogens with zero attached hydrogens (tertiary/aromatic N) is 4. The minimum absolute atomic E-state index is 0.114. The van der Waals surface area contributed by atoms with Crippen molar-refractivity contribution in [2.75, 3.05) is 13.1 Å². The first-order valence-electron chi connectivity index (χ1n) is 7.97. The second-order valence-corrected chi connectivity index (χ2v) is 6.64. The summed E-state index contributed by atoms with van der Waals surface area (Å²) in [6.07, 6.45) is 3.53. The lowest BCUT2D eigenvalue weighted by atomic mass is 10.1. The van der Waals surface area contributed by atoms with E-state index in [1.54, 1.807) is 0 Å². The first kappa shape index (κ1) is 16.0. The van der Waals surface area contributed by atoms with Gasteiger partial charge < -0.3 is 9.52 Å². The van der Waals surface area contributed by atoms with Crippen LogP contribution in [0.15, 0.2) is 22.9 Å². The van der Waals surface area contributed by atoms with Crippen molar-refractivity contribution in [3.8, 4) is 5.88 Å². The highest BCUT2D eigenvalue weighted by atomic mass is 32.1. The Labute approximate surface area is 139 Å². The van der Waals surface area contributed by atoms with Crippen LogP contribution in [0.25, 0.3) is 4.96 Å². The van der Waals surface area contributed by atoms with Crippen LogP contribution in [-0.2, 0) is 0 Å². The third kappa shape index (κ3) is 2.98. The van der Waals surface area contributed by atoms with E-state index in [1.165, 1.54) is 22.2 Å². The molecule has 0 saturated heterocycles. The lowest BCUT2D eigenvalue weighted by molar-refractivity contribution is 0.201. The second-order valence-electron chi connectivity index (χ2n) is 5.63. The molecule has 7 heteroatoms. The lowest BCUT2D eigenvalue weighted by Gasteiger charge is -2.29. The van der Waals surface area contributed by atoms with Crippen LogP contribution < -0.4 is 0 Å². The second kappa shape index (κ2) is 6.72. The zero-order chi connectivity index (χ0) is 16.4. The Morgan fingerprint density at radius 3 is 2.61 bits per heavy atom. The van der Waals surface area contributed by atoms with Crippen molar-refractivity contribution in [1.82, 2.24) is 19.5 Å². The van der Waals surface area contributed by atoms with E-state index in [9.17, 15) is 5.11 Å². The summed E-state index contributed by atoms with van der Waals surface area (Å²) in [5, 5.41) is 14.7. The van der Waals surface area contributed by atoms with Gasteiger partial charge in [0.15, 0.2) is 0 Å². The number of fused-ring (bicyclic) bond motifs is 1. The average Bonchev–Trinajstić information content (AvgIpc) is 3.21. The van der Waals surface area contributed by atoms with E-state index in [0.29, 0.717) is 4.96 Å². The Bertz CT molecular complexity index is 770. The highest BCUT2D eigenvalue weighted by molar-refractivity contribution is 7.17. The Hall–Kier alpha value is -1.86. The van der Waals surface area contributed by atoms with Crippen molar-refractivity contribution in [2.24, 2.45) is 0 Å². The quantitative estimate of drug-likeness (QED) is 0.715. The smallest absolute Gasteiger partial charge is 0.230 e. The van der Waals surface area contributed by atoms with Crippen LogP contribution in [0.2, 0.25) is 0 Å². The first-order valence-corrected chi connectivity index (χ1v) is 8.79. The molecule has 0 aliphatic heterocycles. The molecule has 0 aliphatic rings. The summed E-state index contributed by atoms with van der Waals surface area (Å²) in [7, 11) is 0. The van der Waals surface area contributed by atoms with Crippen LogP contribution in [0.4, 0.5) is 0 Å². The van der Waals surface area contributed by atoms with Crippen LogP contribution in [-0.4, -0.2) is 37.7 Å². The van der Waals surface area contributed by atoms with E-state index in [1.807, 2.05) is 19.1 Å². The molecule has 0 spiro atoms. The van der Waals surface area contributed by atoms with E-state index in [0.717, 1.165) is 42.3 Å². The monoisotopic (exact) mass is 334 g/mol. The summed E-state index contributed by atoms with van der Waals surface area (Å²) in [4.78, 5) is 8.07. The number of aromatic hydroxyl groups is 1. The molecule has 3 aromatic heterocycles. The fourth-order valence-electron chi connectivity index (χ4n) is 2.89. The molecule has 0 aliphatic carbocycles. The third-order valence-electron chi connectivity index (χ3n) is 3.80. The van der Waals surface area contributed by atoms with Crippen molar-refractivity contribution < 1.29 is 9.52 Å². The van der Waals surface area contributed by atoms with E-state index in [-0.39, 0.29) is 11.9 Å². The zero-order valence-corrected chi connectivity index (χ0v) is 14.5. The Kier molecular flexibility index (Phi) is 4.68. The molecule has 3 heterocycles. The van der Waals surface area contributed by atoms with Crippen molar-refractivity contribution in [3.63, 3.8) is 0 Å². The van der Waals surface area contributed by atoms with Crippen molar-refractivity contribution in [3.05, 3.63) is 34.9 Å². The Morgan fingerprint density at radius 1 is 1.30 bits per heavy atom. The normalized spacial score (nSPS) is 13.2. The third-order valence-corrected chi connectivity index (χ3v) is 4.89. The number of aryl methyl sites for hydroxylation is 1. The highest BCUT2D eigenvalue weighted by Gasteiger charge is 2.30. The maximum absolute atomic E-state index is 10.6. The molecule has 6 nitrogen and oxygen atoms in total. The molecule has 0 fully saturated rings. The fourth-order valence-corrected chi connectivity index (χ4v) is 3.96. The molecule has 0 aromatic carbocycles. The van der Waals surface area contributed by atoms with E-state index >= 15 is 0 Å². The molecule has 0 amide bonds. The maximum Gasteiger partial charge on any atom is 0.230 e. The lowest BCUT2D eigenvalue weighted by Crippen LogP contribution is -2.30. The van der Waals surface area contributed by atoms with Crippen molar-refractivity contribution >= 4 is 16.3 Å². The first-order chi connectivity index (χ1) is 11.2. The molecule has 3 aromatic rings. The van der Waals surface area contributed by atoms with Crippen LogP contribution in [0, 0.1) is 6.92 Å². The van der Waals surface area contributed by atoms with Crippen LogP contribution in [0.5, 0.6) is 5.88 Å². The zero-order valence-electron chi connectivity index (χ0n) is 13.7. The predicted molar refractivity (Wildman–Crippen MR) is 90.0 cm³/mol.